The summed E-state index contributed by atoms with van der Waals surface area (Å²) in [6, 6.07) is 9.44. The standard InChI is InChI=1S/C13H19N3O2S.HI/c14-13(16-11-6-2-1-3-7-11)15-10-12-8-4-5-9-19(12,17)18;/h1-3,6-7,12H,4-5,8-10H2,(H3,14,15,16);1H. The first-order valence-electron chi connectivity index (χ1n) is 6.41. The lowest BCUT2D eigenvalue weighted by atomic mass is 10.2. The summed E-state index contributed by atoms with van der Waals surface area (Å²) in [5.74, 6) is 0.533. The molecule has 1 unspecified atom stereocenters. The predicted octanol–water partition coefficient (Wildman–Crippen LogP) is 2.00. The average molecular weight is 409 g/mol. The fraction of sp³-hybridized carbons (Fsp3) is 0.462. The molecular weight excluding hydrogens is 389 g/mol. The molecular formula is C13H20IN3O2S. The van der Waals surface area contributed by atoms with Crippen molar-refractivity contribution in [2.24, 2.45) is 10.7 Å². The molecule has 7 heteroatoms. The van der Waals surface area contributed by atoms with Gasteiger partial charge in [-0.25, -0.2) is 8.42 Å². The lowest BCUT2D eigenvalue weighted by Crippen LogP contribution is -2.32. The maximum absolute atomic E-state index is 11.8. The Morgan fingerprint density at radius 2 is 2.00 bits per heavy atom. The van der Waals surface area contributed by atoms with Crippen molar-refractivity contribution in [3.63, 3.8) is 0 Å². The molecule has 2 rings (SSSR count). The van der Waals surface area contributed by atoms with Gasteiger partial charge in [-0.15, -0.1) is 24.0 Å². The number of hydrogen-bond donors (Lipinski definition) is 2. The summed E-state index contributed by atoms with van der Waals surface area (Å²) >= 11 is 0. The van der Waals surface area contributed by atoms with E-state index < -0.39 is 9.84 Å². The summed E-state index contributed by atoms with van der Waals surface area (Å²) in [7, 11) is -2.98. The van der Waals surface area contributed by atoms with Crippen LogP contribution in [-0.2, 0) is 9.84 Å². The number of hydrogen-bond acceptors (Lipinski definition) is 3. The van der Waals surface area contributed by atoms with Gasteiger partial charge in [-0.2, -0.15) is 0 Å². The van der Waals surface area contributed by atoms with Crippen molar-refractivity contribution in [3.05, 3.63) is 30.3 Å². The van der Waals surface area contributed by atoms with Crippen LogP contribution in [0.25, 0.3) is 0 Å². The lowest BCUT2D eigenvalue weighted by Gasteiger charge is -2.20. The van der Waals surface area contributed by atoms with Crippen molar-refractivity contribution in [3.8, 4) is 0 Å². The summed E-state index contributed by atoms with van der Waals surface area (Å²) in [5, 5.41) is 2.56. The van der Waals surface area contributed by atoms with Crippen molar-refractivity contribution in [1.82, 2.24) is 0 Å². The largest absolute Gasteiger partial charge is 0.370 e. The number of halogens is 1. The SMILES string of the molecule is I.NC(=NCC1CCCCS1(=O)=O)Nc1ccccc1. The number of rotatable bonds is 3. The number of sulfone groups is 1. The highest BCUT2D eigenvalue weighted by Gasteiger charge is 2.28. The molecule has 1 fully saturated rings. The van der Waals surface area contributed by atoms with Crippen molar-refractivity contribution in [1.29, 1.82) is 0 Å². The topological polar surface area (TPSA) is 84.5 Å². The van der Waals surface area contributed by atoms with E-state index in [9.17, 15) is 8.42 Å². The van der Waals surface area contributed by atoms with E-state index in [1.54, 1.807) is 0 Å². The van der Waals surface area contributed by atoms with E-state index in [1.807, 2.05) is 30.3 Å². The van der Waals surface area contributed by atoms with Gasteiger partial charge in [-0.1, -0.05) is 24.6 Å². The minimum atomic E-state index is -2.98. The molecule has 1 aliphatic heterocycles. The van der Waals surface area contributed by atoms with Gasteiger partial charge in [0.1, 0.15) is 0 Å². The first-order chi connectivity index (χ1) is 9.08. The molecule has 1 aromatic rings. The van der Waals surface area contributed by atoms with Crippen molar-refractivity contribution < 1.29 is 8.42 Å². The normalized spacial score (nSPS) is 21.8. The van der Waals surface area contributed by atoms with Crippen LogP contribution in [0.2, 0.25) is 0 Å². The monoisotopic (exact) mass is 409 g/mol. The van der Waals surface area contributed by atoms with Gasteiger partial charge in [0.15, 0.2) is 15.8 Å². The molecule has 0 aromatic heterocycles. The molecule has 1 aromatic carbocycles. The van der Waals surface area contributed by atoms with Crippen LogP contribution in [-0.4, -0.2) is 31.9 Å². The maximum atomic E-state index is 11.8. The first kappa shape index (κ1) is 17.2. The van der Waals surface area contributed by atoms with Crippen molar-refractivity contribution in [2.45, 2.75) is 24.5 Å². The van der Waals surface area contributed by atoms with Crippen LogP contribution in [0.1, 0.15) is 19.3 Å². The second kappa shape index (κ2) is 7.82. The smallest absolute Gasteiger partial charge is 0.193 e. The minimum Gasteiger partial charge on any atom is -0.370 e. The second-order valence-corrected chi connectivity index (χ2v) is 7.10. The van der Waals surface area contributed by atoms with Gasteiger partial charge in [0, 0.05) is 5.69 Å². The Labute approximate surface area is 137 Å². The summed E-state index contributed by atoms with van der Waals surface area (Å²) < 4.78 is 23.6. The molecule has 0 aliphatic carbocycles. The van der Waals surface area contributed by atoms with Gasteiger partial charge >= 0.3 is 0 Å². The van der Waals surface area contributed by atoms with Crippen LogP contribution in [0.15, 0.2) is 35.3 Å². The minimum absolute atomic E-state index is 0. The highest BCUT2D eigenvalue weighted by molar-refractivity contribution is 14.0. The molecule has 112 valence electrons. The van der Waals surface area contributed by atoms with Gasteiger partial charge in [-0.3, -0.25) is 4.99 Å². The van der Waals surface area contributed by atoms with Crippen molar-refractivity contribution in [2.75, 3.05) is 17.6 Å². The Bertz CT molecular complexity index is 546. The van der Waals surface area contributed by atoms with E-state index >= 15 is 0 Å². The number of benzene rings is 1. The summed E-state index contributed by atoms with van der Waals surface area (Å²) in [6.07, 6.45) is 2.40. The molecule has 3 N–H and O–H groups in total. The van der Waals surface area contributed by atoms with Gasteiger partial charge in [0.2, 0.25) is 0 Å². The molecule has 1 atom stereocenters. The molecule has 0 radical (unpaired) electrons. The van der Waals surface area contributed by atoms with E-state index in [-0.39, 0.29) is 47.5 Å². The highest BCUT2D eigenvalue weighted by Crippen LogP contribution is 2.19. The summed E-state index contributed by atoms with van der Waals surface area (Å²) in [6.45, 7) is 0.244. The molecule has 5 nitrogen and oxygen atoms in total. The third-order valence-electron chi connectivity index (χ3n) is 3.22. The van der Waals surface area contributed by atoms with E-state index in [4.69, 9.17) is 5.73 Å². The zero-order valence-electron chi connectivity index (χ0n) is 11.2. The first-order valence-corrected chi connectivity index (χ1v) is 8.13. The van der Waals surface area contributed by atoms with Gasteiger partial charge < -0.3 is 11.1 Å². The molecule has 1 saturated heterocycles. The van der Waals surface area contributed by atoms with Crippen LogP contribution >= 0.6 is 24.0 Å². The number of aliphatic imine (C=N–C) groups is 1. The molecule has 0 spiro atoms. The maximum Gasteiger partial charge on any atom is 0.193 e. The molecule has 0 amide bonds. The molecule has 1 aliphatic rings. The Morgan fingerprint density at radius 3 is 2.65 bits per heavy atom. The number of anilines is 1. The molecule has 0 saturated carbocycles. The Kier molecular flexibility index (Phi) is 6.74. The zero-order chi connectivity index (χ0) is 13.7. The van der Waals surface area contributed by atoms with E-state index in [0.29, 0.717) is 6.42 Å². The van der Waals surface area contributed by atoms with Gasteiger partial charge in [0.25, 0.3) is 0 Å². The second-order valence-electron chi connectivity index (χ2n) is 4.70. The number of nitrogens with zero attached hydrogens (tertiary/aromatic N) is 1. The lowest BCUT2D eigenvalue weighted by molar-refractivity contribution is 0.541. The number of guanidine groups is 1. The average Bonchev–Trinajstić information content (AvgIpc) is 2.38. The molecule has 20 heavy (non-hydrogen) atoms. The fourth-order valence-electron chi connectivity index (χ4n) is 2.14. The quantitative estimate of drug-likeness (QED) is 0.455. The van der Waals surface area contributed by atoms with Gasteiger partial charge in [0.05, 0.1) is 17.5 Å². The third kappa shape index (κ3) is 4.93. The van der Waals surface area contributed by atoms with Crippen LogP contribution in [0.5, 0.6) is 0 Å². The number of nitrogens with two attached hydrogens (primary N) is 1. The van der Waals surface area contributed by atoms with Crippen molar-refractivity contribution >= 4 is 45.5 Å². The number of nitrogens with one attached hydrogen (secondary N) is 1. The van der Waals surface area contributed by atoms with E-state index in [2.05, 4.69) is 10.3 Å². The fourth-order valence-corrected chi connectivity index (χ4v) is 3.90. The Balaban J connectivity index is 0.00000200. The third-order valence-corrected chi connectivity index (χ3v) is 5.48. The van der Waals surface area contributed by atoms with E-state index in [1.165, 1.54) is 0 Å². The Hall–Kier alpha value is -0.830. The van der Waals surface area contributed by atoms with Crippen LogP contribution in [0.3, 0.4) is 0 Å². The van der Waals surface area contributed by atoms with Crippen LogP contribution in [0.4, 0.5) is 5.69 Å². The molecule has 1 heterocycles. The van der Waals surface area contributed by atoms with E-state index in [0.717, 1.165) is 18.5 Å². The highest BCUT2D eigenvalue weighted by atomic mass is 127. The Morgan fingerprint density at radius 1 is 1.30 bits per heavy atom. The predicted molar refractivity (Wildman–Crippen MR) is 93.4 cm³/mol. The number of para-hydroxylation sites is 1. The molecule has 0 bridgehead atoms. The summed E-state index contributed by atoms with van der Waals surface area (Å²) in [4.78, 5) is 4.14. The summed E-state index contributed by atoms with van der Waals surface area (Å²) in [5.41, 5.74) is 6.60. The van der Waals surface area contributed by atoms with Gasteiger partial charge in [-0.05, 0) is 25.0 Å². The van der Waals surface area contributed by atoms with Crippen LogP contribution < -0.4 is 11.1 Å². The zero-order valence-corrected chi connectivity index (χ0v) is 14.3. The van der Waals surface area contributed by atoms with Crippen LogP contribution in [0, 0.1) is 0 Å².